The van der Waals surface area contributed by atoms with Crippen molar-refractivity contribution in [2.24, 2.45) is 0 Å². The molecule has 0 saturated carbocycles. The van der Waals surface area contributed by atoms with Crippen LogP contribution in [0.2, 0.25) is 0 Å². The zero-order valence-electron chi connectivity index (χ0n) is 11.7. The smallest absolute Gasteiger partial charge is 0.169 e. The van der Waals surface area contributed by atoms with Crippen molar-refractivity contribution in [3.8, 4) is 17.2 Å². The molecule has 2 rings (SSSR count). The second kappa shape index (κ2) is 5.92. The second-order valence-corrected chi connectivity index (χ2v) is 4.58. The fourth-order valence-electron chi connectivity index (χ4n) is 1.99. The molecule has 0 aliphatic rings. The molecule has 3 nitrogen and oxygen atoms in total. The molecule has 0 radical (unpaired) electrons. The van der Waals surface area contributed by atoms with E-state index >= 15 is 0 Å². The van der Waals surface area contributed by atoms with E-state index in [1.165, 1.54) is 19.1 Å². The van der Waals surface area contributed by atoms with Gasteiger partial charge in [-0.25, -0.2) is 4.39 Å². The van der Waals surface area contributed by atoms with E-state index in [0.29, 0.717) is 11.5 Å². The summed E-state index contributed by atoms with van der Waals surface area (Å²) in [6.45, 7) is 3.44. The second-order valence-electron chi connectivity index (χ2n) is 4.58. The van der Waals surface area contributed by atoms with E-state index in [4.69, 9.17) is 9.47 Å². The van der Waals surface area contributed by atoms with Crippen LogP contribution in [-0.4, -0.2) is 12.2 Å². The van der Waals surface area contributed by atoms with Gasteiger partial charge in [0, 0.05) is 0 Å². The Hall–Kier alpha value is -2.07. The molecule has 4 heteroatoms. The highest BCUT2D eigenvalue weighted by Gasteiger charge is 2.16. The Labute approximate surface area is 117 Å². The van der Waals surface area contributed by atoms with E-state index in [-0.39, 0.29) is 11.3 Å². The van der Waals surface area contributed by atoms with Gasteiger partial charge >= 0.3 is 0 Å². The molecule has 2 aromatic rings. The molecule has 0 spiro atoms. The predicted molar refractivity (Wildman–Crippen MR) is 74.8 cm³/mol. The first-order valence-corrected chi connectivity index (χ1v) is 6.32. The van der Waals surface area contributed by atoms with Crippen molar-refractivity contribution in [2.75, 3.05) is 7.11 Å². The lowest BCUT2D eigenvalue weighted by atomic mass is 10.1. The van der Waals surface area contributed by atoms with Gasteiger partial charge in [-0.15, -0.1) is 0 Å². The number of rotatable bonds is 4. The Kier molecular flexibility index (Phi) is 4.25. The molecule has 0 heterocycles. The van der Waals surface area contributed by atoms with E-state index in [1.54, 1.807) is 19.2 Å². The lowest BCUT2D eigenvalue weighted by molar-refractivity contribution is 0.190. The van der Waals surface area contributed by atoms with Crippen LogP contribution in [0, 0.1) is 12.7 Å². The number of aryl methyl sites for hydroxylation is 1. The Morgan fingerprint density at radius 1 is 1.10 bits per heavy atom. The summed E-state index contributed by atoms with van der Waals surface area (Å²) in [5, 5.41) is 9.68. The van der Waals surface area contributed by atoms with Crippen molar-refractivity contribution in [3.63, 3.8) is 0 Å². The predicted octanol–water partition coefficient (Wildman–Crippen LogP) is 3.99. The quantitative estimate of drug-likeness (QED) is 0.917. The Morgan fingerprint density at radius 3 is 2.50 bits per heavy atom. The molecule has 0 unspecified atom stereocenters. The first-order valence-electron chi connectivity index (χ1n) is 6.32. The van der Waals surface area contributed by atoms with Crippen LogP contribution < -0.4 is 9.47 Å². The minimum absolute atomic E-state index is 0.134. The molecule has 106 valence electrons. The number of halogens is 1. The van der Waals surface area contributed by atoms with Gasteiger partial charge in [-0.1, -0.05) is 12.1 Å². The molecule has 1 atom stereocenters. The zero-order chi connectivity index (χ0) is 14.7. The number of hydrogen-bond donors (Lipinski definition) is 1. The highest BCUT2D eigenvalue weighted by atomic mass is 19.1. The van der Waals surface area contributed by atoms with E-state index in [0.717, 1.165) is 5.56 Å². The number of hydrogen-bond acceptors (Lipinski definition) is 3. The summed E-state index contributed by atoms with van der Waals surface area (Å²) < 4.78 is 24.7. The van der Waals surface area contributed by atoms with Gasteiger partial charge in [0.2, 0.25) is 0 Å². The maximum absolute atomic E-state index is 13.8. The van der Waals surface area contributed by atoms with Crippen molar-refractivity contribution in [1.29, 1.82) is 0 Å². The Morgan fingerprint density at radius 2 is 1.85 bits per heavy atom. The third-order valence-electron chi connectivity index (χ3n) is 2.97. The van der Waals surface area contributed by atoms with Crippen LogP contribution in [0.5, 0.6) is 17.2 Å². The van der Waals surface area contributed by atoms with Gasteiger partial charge in [-0.05, 0) is 43.7 Å². The van der Waals surface area contributed by atoms with Crippen LogP contribution in [0.3, 0.4) is 0 Å². The molecule has 0 fully saturated rings. The fraction of sp³-hybridized carbons (Fsp3) is 0.250. The maximum atomic E-state index is 13.8. The van der Waals surface area contributed by atoms with Crippen LogP contribution in [0.1, 0.15) is 24.2 Å². The highest BCUT2D eigenvalue weighted by Crippen LogP contribution is 2.36. The van der Waals surface area contributed by atoms with Gasteiger partial charge in [0.05, 0.1) is 18.8 Å². The van der Waals surface area contributed by atoms with Crippen molar-refractivity contribution in [1.82, 2.24) is 0 Å². The average molecular weight is 276 g/mol. The molecule has 0 saturated heterocycles. The molecule has 0 aliphatic carbocycles. The van der Waals surface area contributed by atoms with E-state index < -0.39 is 11.9 Å². The summed E-state index contributed by atoms with van der Waals surface area (Å²) in [6.07, 6.45) is -0.956. The van der Waals surface area contributed by atoms with E-state index in [2.05, 4.69) is 0 Å². The van der Waals surface area contributed by atoms with Gasteiger partial charge in [0.15, 0.2) is 11.5 Å². The first kappa shape index (κ1) is 14.3. The average Bonchev–Trinajstić information content (AvgIpc) is 2.40. The SMILES string of the molecule is COc1cc(C)ccc1Oc1cccc(F)c1[C@H](C)O. The molecular formula is C16H17FO3. The molecule has 1 N–H and O–H groups in total. The molecular weight excluding hydrogens is 259 g/mol. The Bertz CT molecular complexity index is 609. The topological polar surface area (TPSA) is 38.7 Å². The van der Waals surface area contributed by atoms with Crippen molar-refractivity contribution in [3.05, 3.63) is 53.3 Å². The van der Waals surface area contributed by atoms with Crippen molar-refractivity contribution >= 4 is 0 Å². The largest absolute Gasteiger partial charge is 0.493 e. The molecule has 0 bridgehead atoms. The summed E-state index contributed by atoms with van der Waals surface area (Å²) in [6, 6.07) is 9.91. The Balaban J connectivity index is 2.43. The number of aliphatic hydroxyl groups excluding tert-OH is 1. The monoisotopic (exact) mass is 276 g/mol. The summed E-state index contributed by atoms with van der Waals surface area (Å²) in [5.41, 5.74) is 1.17. The standard InChI is InChI=1S/C16H17FO3/c1-10-7-8-13(15(9-10)19-3)20-14-6-4-5-12(17)16(14)11(2)18/h4-9,11,18H,1-3H3/t11-/m0/s1. The van der Waals surface area contributed by atoms with Crippen LogP contribution in [0.4, 0.5) is 4.39 Å². The summed E-state index contributed by atoms with van der Waals surface area (Å²) in [4.78, 5) is 0. The van der Waals surface area contributed by atoms with Crippen molar-refractivity contribution < 1.29 is 19.0 Å². The maximum Gasteiger partial charge on any atom is 0.169 e. The fourth-order valence-corrected chi connectivity index (χ4v) is 1.99. The first-order chi connectivity index (χ1) is 9.52. The van der Waals surface area contributed by atoms with Crippen LogP contribution >= 0.6 is 0 Å². The molecule has 0 amide bonds. The number of benzene rings is 2. The van der Waals surface area contributed by atoms with Crippen LogP contribution in [-0.2, 0) is 0 Å². The van der Waals surface area contributed by atoms with Gasteiger partial charge in [-0.3, -0.25) is 0 Å². The highest BCUT2D eigenvalue weighted by molar-refractivity contribution is 5.47. The van der Waals surface area contributed by atoms with Gasteiger partial charge in [0.1, 0.15) is 11.6 Å². The summed E-state index contributed by atoms with van der Waals surface area (Å²) in [5.74, 6) is 0.821. The minimum Gasteiger partial charge on any atom is -0.493 e. The zero-order valence-corrected chi connectivity index (χ0v) is 11.7. The molecule has 2 aromatic carbocycles. The molecule has 20 heavy (non-hydrogen) atoms. The lowest BCUT2D eigenvalue weighted by Gasteiger charge is -2.16. The summed E-state index contributed by atoms with van der Waals surface area (Å²) >= 11 is 0. The third kappa shape index (κ3) is 2.91. The van der Waals surface area contributed by atoms with Gasteiger partial charge in [0.25, 0.3) is 0 Å². The van der Waals surface area contributed by atoms with Gasteiger partial charge < -0.3 is 14.6 Å². The van der Waals surface area contributed by atoms with Crippen LogP contribution in [0.25, 0.3) is 0 Å². The lowest BCUT2D eigenvalue weighted by Crippen LogP contribution is -2.00. The summed E-state index contributed by atoms with van der Waals surface area (Å²) in [7, 11) is 1.54. The number of aliphatic hydroxyl groups is 1. The number of methoxy groups -OCH3 is 1. The molecule has 0 aliphatic heterocycles. The number of ether oxygens (including phenoxy) is 2. The normalized spacial score (nSPS) is 12.1. The molecule has 0 aromatic heterocycles. The minimum atomic E-state index is -0.956. The van der Waals surface area contributed by atoms with Gasteiger partial charge in [-0.2, -0.15) is 0 Å². The third-order valence-corrected chi connectivity index (χ3v) is 2.97. The van der Waals surface area contributed by atoms with Crippen molar-refractivity contribution in [2.45, 2.75) is 20.0 Å². The van der Waals surface area contributed by atoms with E-state index in [1.807, 2.05) is 19.1 Å². The van der Waals surface area contributed by atoms with Crippen LogP contribution in [0.15, 0.2) is 36.4 Å². The van der Waals surface area contributed by atoms with E-state index in [9.17, 15) is 9.50 Å².